The van der Waals surface area contributed by atoms with E-state index < -0.39 is 6.29 Å². The third kappa shape index (κ3) is 3.46. The Kier molecular flexibility index (Phi) is 4.48. The molecule has 0 spiro atoms. The second kappa shape index (κ2) is 6.71. The van der Waals surface area contributed by atoms with Crippen molar-refractivity contribution in [3.63, 3.8) is 0 Å². The third-order valence-corrected chi connectivity index (χ3v) is 3.74. The lowest BCUT2D eigenvalue weighted by atomic mass is 10.0. The van der Waals surface area contributed by atoms with Gasteiger partial charge in [0.25, 0.3) is 0 Å². The second-order valence-corrected chi connectivity index (χ2v) is 5.33. The summed E-state index contributed by atoms with van der Waals surface area (Å²) >= 11 is 0. The highest BCUT2D eigenvalue weighted by Gasteiger charge is 2.36. The molecule has 1 fully saturated rings. The van der Waals surface area contributed by atoms with E-state index in [2.05, 4.69) is 0 Å². The van der Waals surface area contributed by atoms with Crippen molar-refractivity contribution in [2.75, 3.05) is 12.2 Å². The first-order valence-corrected chi connectivity index (χ1v) is 7.49. The number of carbonyl (C=O) groups excluding carboxylic acids is 1. The second-order valence-electron chi connectivity index (χ2n) is 5.33. The zero-order valence-corrected chi connectivity index (χ0v) is 13.1. The largest absolute Gasteiger partial charge is 0.497 e. The number of rotatable bonds is 4. The van der Waals surface area contributed by atoms with Gasteiger partial charge in [-0.15, -0.1) is 0 Å². The summed E-state index contributed by atoms with van der Waals surface area (Å²) in [7, 11) is 1.64. The summed E-state index contributed by atoms with van der Waals surface area (Å²) in [6.45, 7) is 1.39. The molecule has 0 unspecified atom stereocenters. The summed E-state index contributed by atoms with van der Waals surface area (Å²) in [6, 6.07) is 17.6. The number of carbonyl (C=O) groups is 1. The summed E-state index contributed by atoms with van der Waals surface area (Å²) in [5.41, 5.74) is 1.99. The molecule has 0 N–H and O–H groups in total. The number of benzene rings is 2. The molecule has 120 valence electrons. The number of hydrogen-bond donors (Lipinski definition) is 0. The molecule has 0 saturated carbocycles. The molecule has 0 bridgehead atoms. The van der Waals surface area contributed by atoms with E-state index in [-0.39, 0.29) is 12.0 Å². The molecule has 0 radical (unpaired) electrons. The van der Waals surface area contributed by atoms with Crippen LogP contribution in [0.4, 0.5) is 5.69 Å². The molecular weight excluding hydrogens is 294 g/mol. The first kappa shape index (κ1) is 15.4. The lowest BCUT2D eigenvalue weighted by Gasteiger charge is -2.24. The van der Waals surface area contributed by atoms with Crippen LogP contribution >= 0.6 is 0 Å². The first-order valence-electron chi connectivity index (χ1n) is 7.49. The monoisotopic (exact) mass is 313 g/mol. The van der Waals surface area contributed by atoms with Crippen LogP contribution in [0.2, 0.25) is 0 Å². The summed E-state index contributed by atoms with van der Waals surface area (Å²) in [5.74, 6) is 0.453. The van der Waals surface area contributed by atoms with Crippen molar-refractivity contribution < 1.29 is 19.1 Å². The highest BCUT2D eigenvalue weighted by molar-refractivity contribution is 5.66. The molecule has 0 aromatic heterocycles. The minimum absolute atomic E-state index is 0.0346. The highest BCUT2D eigenvalue weighted by atomic mass is 16.8. The number of anilines is 1. The number of methoxy groups -OCH3 is 1. The molecule has 1 aliphatic rings. The molecule has 3 rings (SSSR count). The van der Waals surface area contributed by atoms with Crippen LogP contribution in [0.25, 0.3) is 0 Å². The molecule has 2 atom stereocenters. The zero-order chi connectivity index (χ0) is 16.2. The van der Waals surface area contributed by atoms with Crippen molar-refractivity contribution in [1.82, 2.24) is 0 Å². The van der Waals surface area contributed by atoms with Gasteiger partial charge in [-0.2, -0.15) is 0 Å². The molecule has 0 aliphatic carbocycles. The Balaban J connectivity index is 1.88. The van der Waals surface area contributed by atoms with Crippen molar-refractivity contribution in [1.29, 1.82) is 0 Å². The fourth-order valence-corrected chi connectivity index (χ4v) is 2.69. The minimum atomic E-state index is -0.584. The van der Waals surface area contributed by atoms with Gasteiger partial charge in [0.15, 0.2) is 0 Å². The smallest absolute Gasteiger partial charge is 0.305 e. The van der Waals surface area contributed by atoms with Gasteiger partial charge < -0.3 is 9.47 Å². The van der Waals surface area contributed by atoms with E-state index in [0.717, 1.165) is 17.0 Å². The maximum atomic E-state index is 11.2. The Morgan fingerprint density at radius 1 is 1.13 bits per heavy atom. The Labute approximate surface area is 135 Å². The lowest BCUT2D eigenvalue weighted by Crippen LogP contribution is -2.23. The number of ether oxygens (including phenoxy) is 2. The maximum Gasteiger partial charge on any atom is 0.305 e. The molecule has 2 aromatic rings. The van der Waals surface area contributed by atoms with Crippen LogP contribution < -0.4 is 9.80 Å². The van der Waals surface area contributed by atoms with Gasteiger partial charge in [0.1, 0.15) is 5.75 Å². The number of nitrogens with zero attached hydrogens (tertiary/aromatic N) is 1. The molecule has 0 amide bonds. The van der Waals surface area contributed by atoms with Crippen LogP contribution in [0, 0.1) is 0 Å². The molecule has 5 nitrogen and oxygen atoms in total. The minimum Gasteiger partial charge on any atom is -0.497 e. The third-order valence-electron chi connectivity index (χ3n) is 3.74. The normalized spacial score (nSPS) is 20.3. The van der Waals surface area contributed by atoms with Crippen LogP contribution in [-0.4, -0.2) is 19.4 Å². The van der Waals surface area contributed by atoms with Crippen molar-refractivity contribution in [3.05, 3.63) is 60.2 Å². The van der Waals surface area contributed by atoms with Gasteiger partial charge in [0, 0.05) is 13.3 Å². The average molecular weight is 313 g/mol. The van der Waals surface area contributed by atoms with Gasteiger partial charge in [-0.1, -0.05) is 30.3 Å². The van der Waals surface area contributed by atoms with E-state index in [9.17, 15) is 4.79 Å². The van der Waals surface area contributed by atoms with Gasteiger partial charge in [0.05, 0.1) is 18.8 Å². The topological polar surface area (TPSA) is 48.0 Å². The SMILES string of the molecule is COc1ccc([C@H]2C[C@@H](OC(C)=O)ON2c2ccccc2)cc1. The van der Waals surface area contributed by atoms with Crippen molar-refractivity contribution in [2.24, 2.45) is 0 Å². The zero-order valence-electron chi connectivity index (χ0n) is 13.1. The van der Waals surface area contributed by atoms with E-state index >= 15 is 0 Å². The van der Waals surface area contributed by atoms with E-state index in [4.69, 9.17) is 14.3 Å². The number of hydroxylamine groups is 1. The summed E-state index contributed by atoms with van der Waals surface area (Å²) in [4.78, 5) is 17.1. The van der Waals surface area contributed by atoms with Crippen molar-refractivity contribution in [2.45, 2.75) is 25.7 Å². The van der Waals surface area contributed by atoms with Crippen LogP contribution in [0.3, 0.4) is 0 Å². The van der Waals surface area contributed by atoms with Gasteiger partial charge in [-0.05, 0) is 29.8 Å². The van der Waals surface area contributed by atoms with Gasteiger partial charge >= 0.3 is 5.97 Å². The predicted octanol–water partition coefficient (Wildman–Crippen LogP) is 3.47. The Bertz CT molecular complexity index is 656. The molecule has 23 heavy (non-hydrogen) atoms. The fraction of sp³-hybridized carbons (Fsp3) is 0.278. The molecule has 1 aliphatic heterocycles. The Morgan fingerprint density at radius 2 is 1.83 bits per heavy atom. The van der Waals surface area contributed by atoms with E-state index in [1.807, 2.05) is 54.6 Å². The summed E-state index contributed by atoms with van der Waals surface area (Å²) < 4.78 is 10.4. The highest BCUT2D eigenvalue weighted by Crippen LogP contribution is 2.38. The van der Waals surface area contributed by atoms with Gasteiger partial charge in [0.2, 0.25) is 6.29 Å². The number of esters is 1. The predicted molar refractivity (Wildman–Crippen MR) is 85.9 cm³/mol. The number of para-hydroxylation sites is 1. The molecule has 1 saturated heterocycles. The molecule has 1 heterocycles. The lowest BCUT2D eigenvalue weighted by molar-refractivity contribution is -0.168. The standard InChI is InChI=1S/C18H19NO4/c1-13(20)22-18-12-17(14-8-10-16(21-2)11-9-14)19(23-18)15-6-4-3-5-7-15/h3-11,17-18H,12H2,1-2H3/t17-,18+/m1/s1. The van der Waals surface area contributed by atoms with Gasteiger partial charge in [-0.3, -0.25) is 4.79 Å². The Morgan fingerprint density at radius 3 is 2.43 bits per heavy atom. The van der Waals surface area contributed by atoms with E-state index in [0.29, 0.717) is 6.42 Å². The van der Waals surface area contributed by atoms with Crippen LogP contribution in [0.5, 0.6) is 5.75 Å². The fourth-order valence-electron chi connectivity index (χ4n) is 2.69. The molecule has 5 heteroatoms. The average Bonchev–Trinajstić information content (AvgIpc) is 2.99. The van der Waals surface area contributed by atoms with E-state index in [1.54, 1.807) is 12.2 Å². The van der Waals surface area contributed by atoms with Crippen molar-refractivity contribution in [3.8, 4) is 5.75 Å². The quantitative estimate of drug-likeness (QED) is 0.809. The Hall–Kier alpha value is -2.53. The van der Waals surface area contributed by atoms with Gasteiger partial charge in [-0.25, -0.2) is 9.90 Å². The molecule has 2 aromatic carbocycles. The maximum absolute atomic E-state index is 11.2. The summed E-state index contributed by atoms with van der Waals surface area (Å²) in [5, 5.41) is 1.80. The van der Waals surface area contributed by atoms with Crippen LogP contribution in [0.1, 0.15) is 24.9 Å². The number of hydrogen-bond acceptors (Lipinski definition) is 5. The van der Waals surface area contributed by atoms with Crippen LogP contribution in [-0.2, 0) is 14.4 Å². The summed E-state index contributed by atoms with van der Waals surface area (Å²) in [6.07, 6.45) is -0.0133. The van der Waals surface area contributed by atoms with Crippen LogP contribution in [0.15, 0.2) is 54.6 Å². The van der Waals surface area contributed by atoms with Crippen molar-refractivity contribution >= 4 is 11.7 Å². The van der Waals surface area contributed by atoms with E-state index in [1.165, 1.54) is 6.92 Å². The first-order chi connectivity index (χ1) is 11.2. The molecular formula is C18H19NO4.